The Kier molecular flexibility index (Phi) is 6.66. The zero-order valence-electron chi connectivity index (χ0n) is 16.5. The van der Waals surface area contributed by atoms with Gasteiger partial charge in [0.1, 0.15) is 23.6 Å². The maximum absolute atomic E-state index is 12.7. The number of fused-ring (bicyclic) bond motifs is 1. The molecule has 0 aliphatic heterocycles. The predicted octanol–water partition coefficient (Wildman–Crippen LogP) is 3.41. The first-order chi connectivity index (χ1) is 14.1. The number of esters is 1. The van der Waals surface area contributed by atoms with E-state index in [1.54, 1.807) is 28.8 Å². The number of thiazole rings is 1. The number of benzene rings is 2. The Balaban J connectivity index is 2.09. The fourth-order valence-electron chi connectivity index (χ4n) is 2.81. The average Bonchev–Trinajstić information content (AvgIpc) is 3.06. The van der Waals surface area contributed by atoms with E-state index in [1.165, 1.54) is 18.4 Å². The van der Waals surface area contributed by atoms with Crippen LogP contribution in [0.3, 0.4) is 0 Å². The number of para-hydroxylation sites is 1. The van der Waals surface area contributed by atoms with E-state index >= 15 is 0 Å². The fourth-order valence-corrected chi connectivity index (χ4v) is 3.85. The summed E-state index contributed by atoms with van der Waals surface area (Å²) in [6.07, 6.45) is 0. The van der Waals surface area contributed by atoms with Gasteiger partial charge in [0, 0.05) is 5.56 Å². The summed E-state index contributed by atoms with van der Waals surface area (Å²) in [6.45, 7) is 4.74. The van der Waals surface area contributed by atoms with Crippen LogP contribution in [0.4, 0.5) is 0 Å². The number of methoxy groups -OCH3 is 1. The molecule has 1 amide bonds. The molecule has 29 heavy (non-hydrogen) atoms. The van der Waals surface area contributed by atoms with Crippen molar-refractivity contribution in [2.75, 3.05) is 20.3 Å². The van der Waals surface area contributed by atoms with Crippen LogP contribution in [0, 0.1) is 0 Å². The van der Waals surface area contributed by atoms with Gasteiger partial charge in [-0.25, -0.2) is 0 Å². The Labute approximate surface area is 172 Å². The minimum Gasteiger partial charge on any atom is -0.494 e. The molecule has 0 atom stereocenters. The fraction of sp³-hybridized carbons (Fsp3) is 0.286. The lowest BCUT2D eigenvalue weighted by Crippen LogP contribution is -2.22. The zero-order chi connectivity index (χ0) is 20.8. The van der Waals surface area contributed by atoms with Crippen LogP contribution < -0.4 is 14.3 Å². The molecule has 0 spiro atoms. The van der Waals surface area contributed by atoms with E-state index in [4.69, 9.17) is 14.2 Å². The van der Waals surface area contributed by atoms with Crippen molar-refractivity contribution in [3.05, 3.63) is 52.8 Å². The summed E-state index contributed by atoms with van der Waals surface area (Å²) in [4.78, 5) is 29.4. The number of nitrogens with zero attached hydrogens (tertiary/aromatic N) is 2. The van der Waals surface area contributed by atoms with Crippen molar-refractivity contribution in [1.29, 1.82) is 0 Å². The van der Waals surface area contributed by atoms with Crippen molar-refractivity contribution < 1.29 is 23.8 Å². The number of carbonyl (C=O) groups is 2. The van der Waals surface area contributed by atoms with Crippen LogP contribution >= 0.6 is 11.3 Å². The molecule has 0 aliphatic rings. The van der Waals surface area contributed by atoms with Gasteiger partial charge < -0.3 is 18.8 Å². The molecule has 7 nitrogen and oxygen atoms in total. The maximum Gasteiger partial charge on any atom is 0.325 e. The highest BCUT2D eigenvalue weighted by atomic mass is 32.1. The highest BCUT2D eigenvalue weighted by Gasteiger charge is 2.16. The van der Waals surface area contributed by atoms with Crippen LogP contribution in [0.25, 0.3) is 10.2 Å². The predicted molar refractivity (Wildman–Crippen MR) is 111 cm³/mol. The molecular weight excluding hydrogens is 392 g/mol. The largest absolute Gasteiger partial charge is 0.494 e. The maximum atomic E-state index is 12.7. The number of hydrogen-bond acceptors (Lipinski definition) is 6. The number of rotatable bonds is 7. The molecule has 8 heteroatoms. The van der Waals surface area contributed by atoms with Crippen molar-refractivity contribution >= 4 is 33.4 Å². The summed E-state index contributed by atoms with van der Waals surface area (Å²) in [7, 11) is 1.32. The van der Waals surface area contributed by atoms with Crippen molar-refractivity contribution in [3.8, 4) is 11.5 Å². The van der Waals surface area contributed by atoms with Gasteiger partial charge in [0.05, 0.1) is 25.0 Å². The SMILES string of the molecule is CCOc1ccc(C(=O)N=c2sc3cccc(OCC)c3n2CC(=O)OC)cc1. The lowest BCUT2D eigenvalue weighted by molar-refractivity contribution is -0.141. The third-order valence-electron chi connectivity index (χ3n) is 4.09. The molecule has 152 valence electrons. The number of carbonyl (C=O) groups excluding carboxylic acids is 2. The monoisotopic (exact) mass is 414 g/mol. The topological polar surface area (TPSA) is 79.1 Å². The number of hydrogen-bond donors (Lipinski definition) is 0. The van der Waals surface area contributed by atoms with Gasteiger partial charge in [-0.05, 0) is 50.2 Å². The normalized spacial score (nSPS) is 11.5. The second-order valence-electron chi connectivity index (χ2n) is 5.96. The van der Waals surface area contributed by atoms with E-state index < -0.39 is 11.9 Å². The van der Waals surface area contributed by atoms with Gasteiger partial charge in [0.15, 0.2) is 4.80 Å². The van der Waals surface area contributed by atoms with Crippen molar-refractivity contribution in [3.63, 3.8) is 0 Å². The summed E-state index contributed by atoms with van der Waals surface area (Å²) < 4.78 is 18.4. The molecule has 0 fully saturated rings. The van der Waals surface area contributed by atoms with Crippen molar-refractivity contribution in [2.24, 2.45) is 4.99 Å². The molecule has 0 radical (unpaired) electrons. The van der Waals surface area contributed by atoms with Crippen molar-refractivity contribution in [1.82, 2.24) is 4.57 Å². The average molecular weight is 414 g/mol. The first-order valence-electron chi connectivity index (χ1n) is 9.21. The standard InChI is InChI=1S/C21H22N2O5S/c1-4-27-15-11-9-14(10-12-15)20(25)22-21-23(13-18(24)26-3)19-16(28-5-2)7-6-8-17(19)29-21/h6-12H,4-5,13H2,1-3H3. The Bertz CT molecular complexity index is 1080. The van der Waals surface area contributed by atoms with Gasteiger partial charge >= 0.3 is 5.97 Å². The Hall–Kier alpha value is -3.13. The first kappa shape index (κ1) is 20.6. The third kappa shape index (κ3) is 4.65. The summed E-state index contributed by atoms with van der Waals surface area (Å²) in [6, 6.07) is 12.4. The molecule has 0 saturated heterocycles. The second kappa shape index (κ2) is 9.38. The van der Waals surface area contributed by atoms with E-state index in [9.17, 15) is 9.59 Å². The third-order valence-corrected chi connectivity index (χ3v) is 5.13. The van der Waals surface area contributed by atoms with Crippen LogP contribution in [0.5, 0.6) is 11.5 Å². The number of amides is 1. The summed E-state index contributed by atoms with van der Waals surface area (Å²) in [5.41, 5.74) is 1.14. The lowest BCUT2D eigenvalue weighted by atomic mass is 10.2. The molecule has 3 aromatic rings. The molecule has 0 bridgehead atoms. The summed E-state index contributed by atoms with van der Waals surface area (Å²) in [5, 5.41) is 0. The van der Waals surface area contributed by atoms with E-state index in [-0.39, 0.29) is 6.54 Å². The van der Waals surface area contributed by atoms with Crippen LogP contribution in [-0.2, 0) is 16.1 Å². The van der Waals surface area contributed by atoms with Crippen molar-refractivity contribution in [2.45, 2.75) is 20.4 Å². The molecule has 0 N–H and O–H groups in total. The first-order valence-corrected chi connectivity index (χ1v) is 10.0. The zero-order valence-corrected chi connectivity index (χ0v) is 17.3. The van der Waals surface area contributed by atoms with Gasteiger partial charge in [-0.3, -0.25) is 9.59 Å². The van der Waals surface area contributed by atoms with Gasteiger partial charge in [-0.2, -0.15) is 4.99 Å². The van der Waals surface area contributed by atoms with Gasteiger partial charge in [0.2, 0.25) is 0 Å². The molecular formula is C21H22N2O5S. The van der Waals surface area contributed by atoms with Gasteiger partial charge in [-0.15, -0.1) is 0 Å². The Morgan fingerprint density at radius 1 is 1.03 bits per heavy atom. The highest BCUT2D eigenvalue weighted by molar-refractivity contribution is 7.16. The van der Waals surface area contributed by atoms with Crippen LogP contribution in [0.15, 0.2) is 47.5 Å². The van der Waals surface area contributed by atoms with E-state index in [0.717, 1.165) is 4.70 Å². The summed E-state index contributed by atoms with van der Waals surface area (Å²) >= 11 is 1.31. The van der Waals surface area contributed by atoms with Gasteiger partial charge in [-0.1, -0.05) is 17.4 Å². The number of ether oxygens (including phenoxy) is 3. The van der Waals surface area contributed by atoms with Gasteiger partial charge in [0.25, 0.3) is 5.91 Å². The van der Waals surface area contributed by atoms with Crippen LogP contribution in [0.1, 0.15) is 24.2 Å². The molecule has 2 aromatic carbocycles. The highest BCUT2D eigenvalue weighted by Crippen LogP contribution is 2.27. The smallest absolute Gasteiger partial charge is 0.325 e. The van der Waals surface area contributed by atoms with E-state index in [1.807, 2.05) is 32.0 Å². The molecule has 1 heterocycles. The minimum absolute atomic E-state index is 0.0734. The van der Waals surface area contributed by atoms with Crippen LogP contribution in [0.2, 0.25) is 0 Å². The van der Waals surface area contributed by atoms with E-state index in [2.05, 4.69) is 4.99 Å². The summed E-state index contributed by atoms with van der Waals surface area (Å²) in [5.74, 6) is 0.468. The second-order valence-corrected chi connectivity index (χ2v) is 6.97. The Morgan fingerprint density at radius 2 is 1.76 bits per heavy atom. The minimum atomic E-state index is -0.439. The molecule has 0 unspecified atom stereocenters. The Morgan fingerprint density at radius 3 is 2.41 bits per heavy atom. The molecule has 0 aliphatic carbocycles. The number of aromatic nitrogens is 1. The molecule has 0 saturated carbocycles. The molecule has 3 rings (SSSR count). The quantitative estimate of drug-likeness (QED) is 0.554. The molecule has 1 aromatic heterocycles. The van der Waals surface area contributed by atoms with Crippen LogP contribution in [-0.4, -0.2) is 36.8 Å². The van der Waals surface area contributed by atoms with E-state index in [0.29, 0.717) is 40.6 Å². The lowest BCUT2D eigenvalue weighted by Gasteiger charge is -2.08.